The van der Waals surface area contributed by atoms with Gasteiger partial charge in [0, 0.05) is 6.54 Å². The van der Waals surface area contributed by atoms with Crippen molar-refractivity contribution >= 4 is 0 Å². The van der Waals surface area contributed by atoms with Gasteiger partial charge in [0.25, 0.3) is 0 Å². The molecule has 106 valence electrons. The van der Waals surface area contributed by atoms with E-state index in [1.54, 1.807) is 0 Å². The molecule has 1 aromatic carbocycles. The van der Waals surface area contributed by atoms with Crippen LogP contribution in [0.4, 0.5) is 0 Å². The minimum absolute atomic E-state index is 0.401. The molecule has 1 aromatic rings. The Balaban J connectivity index is 1.88. The monoisotopic (exact) mass is 261 g/mol. The van der Waals surface area contributed by atoms with Crippen LogP contribution >= 0.6 is 0 Å². The molecule has 2 unspecified atom stereocenters. The fourth-order valence-electron chi connectivity index (χ4n) is 3.12. The second-order valence-electron chi connectivity index (χ2n) is 6.08. The summed E-state index contributed by atoms with van der Waals surface area (Å²) in [4.78, 5) is 0. The summed E-state index contributed by atoms with van der Waals surface area (Å²) in [6.07, 6.45) is 4.15. The maximum absolute atomic E-state index is 6.14. The van der Waals surface area contributed by atoms with E-state index in [1.165, 1.54) is 24.8 Å². The average Bonchev–Trinajstić information content (AvgIpc) is 2.37. The molecule has 2 heteroatoms. The van der Waals surface area contributed by atoms with Crippen LogP contribution in [0, 0.1) is 11.8 Å². The first-order valence-corrected chi connectivity index (χ1v) is 7.63. The molecule has 1 aliphatic carbocycles. The minimum atomic E-state index is 0.401. The molecule has 1 fully saturated rings. The number of hydrogen-bond donors (Lipinski definition) is 1. The van der Waals surface area contributed by atoms with E-state index >= 15 is 0 Å². The summed E-state index contributed by atoms with van der Waals surface area (Å²) in [5, 5.41) is 3.34. The highest BCUT2D eigenvalue weighted by Crippen LogP contribution is 2.31. The third kappa shape index (κ3) is 4.54. The van der Waals surface area contributed by atoms with E-state index in [0.29, 0.717) is 6.10 Å². The third-order valence-electron chi connectivity index (χ3n) is 3.94. The summed E-state index contributed by atoms with van der Waals surface area (Å²) in [5.74, 6) is 2.61. The van der Waals surface area contributed by atoms with Gasteiger partial charge in [-0.1, -0.05) is 32.9 Å². The summed E-state index contributed by atoms with van der Waals surface area (Å²) in [6, 6.07) is 8.54. The smallest absolute Gasteiger partial charge is 0.119 e. The molecule has 0 aromatic heterocycles. The Morgan fingerprint density at radius 2 is 1.68 bits per heavy atom. The zero-order valence-corrected chi connectivity index (χ0v) is 12.5. The third-order valence-corrected chi connectivity index (χ3v) is 3.94. The van der Waals surface area contributed by atoms with Crippen molar-refractivity contribution in [1.29, 1.82) is 0 Å². The van der Waals surface area contributed by atoms with Gasteiger partial charge in [-0.05, 0) is 55.3 Å². The van der Waals surface area contributed by atoms with Gasteiger partial charge in [0.05, 0.1) is 6.10 Å². The van der Waals surface area contributed by atoms with Crippen LogP contribution in [0.1, 0.15) is 45.6 Å². The lowest BCUT2D eigenvalue weighted by Gasteiger charge is -2.31. The predicted molar refractivity (Wildman–Crippen MR) is 80.4 cm³/mol. The SMILES string of the molecule is CCNCc1ccc(OC2CC(C)CC(C)C2)cc1. The molecule has 0 radical (unpaired) electrons. The zero-order valence-electron chi connectivity index (χ0n) is 12.5. The molecule has 1 aliphatic rings. The number of rotatable bonds is 5. The van der Waals surface area contributed by atoms with Gasteiger partial charge in [-0.2, -0.15) is 0 Å². The number of nitrogens with one attached hydrogen (secondary N) is 1. The molecule has 2 atom stereocenters. The Bertz CT molecular complexity index is 363. The minimum Gasteiger partial charge on any atom is -0.490 e. The van der Waals surface area contributed by atoms with Crippen LogP contribution in [-0.2, 0) is 6.54 Å². The Labute approximate surface area is 117 Å². The highest BCUT2D eigenvalue weighted by Gasteiger charge is 2.25. The van der Waals surface area contributed by atoms with Gasteiger partial charge in [0.15, 0.2) is 0 Å². The summed E-state index contributed by atoms with van der Waals surface area (Å²) < 4.78 is 6.14. The summed E-state index contributed by atoms with van der Waals surface area (Å²) in [6.45, 7) is 8.75. The van der Waals surface area contributed by atoms with Gasteiger partial charge in [-0.15, -0.1) is 0 Å². The van der Waals surface area contributed by atoms with Crippen LogP contribution in [0.2, 0.25) is 0 Å². The lowest BCUT2D eigenvalue weighted by molar-refractivity contribution is 0.101. The van der Waals surface area contributed by atoms with E-state index in [-0.39, 0.29) is 0 Å². The van der Waals surface area contributed by atoms with Crippen molar-refractivity contribution in [2.75, 3.05) is 6.54 Å². The average molecular weight is 261 g/mol. The van der Waals surface area contributed by atoms with Crippen LogP contribution in [0.3, 0.4) is 0 Å². The van der Waals surface area contributed by atoms with Gasteiger partial charge < -0.3 is 10.1 Å². The molecule has 0 aliphatic heterocycles. The van der Waals surface area contributed by atoms with E-state index in [2.05, 4.69) is 50.4 Å². The van der Waals surface area contributed by atoms with E-state index < -0.39 is 0 Å². The Morgan fingerprint density at radius 3 is 2.26 bits per heavy atom. The van der Waals surface area contributed by atoms with Crippen molar-refractivity contribution in [2.45, 2.75) is 52.7 Å². The topological polar surface area (TPSA) is 21.3 Å². The molecular formula is C17H27NO. The van der Waals surface area contributed by atoms with Gasteiger partial charge >= 0.3 is 0 Å². The van der Waals surface area contributed by atoms with Crippen LogP contribution < -0.4 is 10.1 Å². The predicted octanol–water partition coefficient (Wildman–Crippen LogP) is 4.00. The standard InChI is InChI=1S/C17H27NO/c1-4-18-12-15-5-7-16(8-6-15)19-17-10-13(2)9-14(3)11-17/h5-8,13-14,17-18H,4,9-12H2,1-3H3. The van der Waals surface area contributed by atoms with Crippen LogP contribution in [0.5, 0.6) is 5.75 Å². The normalized spacial score (nSPS) is 27.2. The first kappa shape index (κ1) is 14.4. The van der Waals surface area contributed by atoms with Crippen molar-refractivity contribution in [2.24, 2.45) is 11.8 Å². The summed E-state index contributed by atoms with van der Waals surface area (Å²) in [5.41, 5.74) is 1.32. The molecule has 0 spiro atoms. The lowest BCUT2D eigenvalue weighted by atomic mass is 9.82. The Kier molecular flexibility index (Phi) is 5.26. The largest absolute Gasteiger partial charge is 0.490 e. The Morgan fingerprint density at radius 1 is 1.05 bits per heavy atom. The molecule has 2 nitrogen and oxygen atoms in total. The van der Waals surface area contributed by atoms with Gasteiger partial charge in [0.1, 0.15) is 5.75 Å². The first-order chi connectivity index (χ1) is 9.17. The number of hydrogen-bond acceptors (Lipinski definition) is 2. The van der Waals surface area contributed by atoms with Crippen molar-refractivity contribution in [3.05, 3.63) is 29.8 Å². The highest BCUT2D eigenvalue weighted by molar-refractivity contribution is 5.27. The van der Waals surface area contributed by atoms with Crippen molar-refractivity contribution < 1.29 is 4.74 Å². The molecule has 1 N–H and O–H groups in total. The second-order valence-corrected chi connectivity index (χ2v) is 6.08. The molecule has 0 amide bonds. The van der Waals surface area contributed by atoms with E-state index in [0.717, 1.165) is 30.7 Å². The highest BCUT2D eigenvalue weighted by atomic mass is 16.5. The van der Waals surface area contributed by atoms with Crippen molar-refractivity contribution in [3.8, 4) is 5.75 Å². The molecule has 19 heavy (non-hydrogen) atoms. The lowest BCUT2D eigenvalue weighted by Crippen LogP contribution is -2.28. The summed E-state index contributed by atoms with van der Waals surface area (Å²) >= 11 is 0. The Hall–Kier alpha value is -1.02. The maximum atomic E-state index is 6.14. The molecule has 0 saturated heterocycles. The van der Waals surface area contributed by atoms with E-state index in [9.17, 15) is 0 Å². The van der Waals surface area contributed by atoms with Crippen LogP contribution in [0.15, 0.2) is 24.3 Å². The zero-order chi connectivity index (χ0) is 13.7. The van der Waals surface area contributed by atoms with Crippen LogP contribution in [-0.4, -0.2) is 12.6 Å². The first-order valence-electron chi connectivity index (χ1n) is 7.63. The van der Waals surface area contributed by atoms with E-state index in [1.807, 2.05) is 0 Å². The van der Waals surface area contributed by atoms with Crippen molar-refractivity contribution in [1.82, 2.24) is 5.32 Å². The molecule has 0 heterocycles. The molecule has 2 rings (SSSR count). The fourth-order valence-corrected chi connectivity index (χ4v) is 3.12. The summed E-state index contributed by atoms with van der Waals surface area (Å²) in [7, 11) is 0. The molecule has 1 saturated carbocycles. The quantitative estimate of drug-likeness (QED) is 0.865. The van der Waals surface area contributed by atoms with E-state index in [4.69, 9.17) is 4.74 Å². The molecular weight excluding hydrogens is 234 g/mol. The van der Waals surface area contributed by atoms with Crippen LogP contribution in [0.25, 0.3) is 0 Å². The maximum Gasteiger partial charge on any atom is 0.119 e. The van der Waals surface area contributed by atoms with Gasteiger partial charge in [-0.3, -0.25) is 0 Å². The number of ether oxygens (including phenoxy) is 1. The van der Waals surface area contributed by atoms with Gasteiger partial charge in [0.2, 0.25) is 0 Å². The number of benzene rings is 1. The van der Waals surface area contributed by atoms with Crippen molar-refractivity contribution in [3.63, 3.8) is 0 Å². The fraction of sp³-hybridized carbons (Fsp3) is 0.647. The second kappa shape index (κ2) is 6.95. The molecule has 0 bridgehead atoms. The van der Waals surface area contributed by atoms with Gasteiger partial charge in [-0.25, -0.2) is 0 Å².